The normalized spacial score (nSPS) is 11.7. The third-order valence-electron chi connectivity index (χ3n) is 3.67. The molecule has 142 valence electrons. The first kappa shape index (κ1) is 20.3. The largest absolute Gasteiger partial charge is 0.445 e. The smallest absolute Gasteiger partial charge is 0.410 e. The number of primary amides is 1. The zero-order valence-corrected chi connectivity index (χ0v) is 16.4. The number of carbonyl (C=O) groups is 2. The number of amides is 2. The van der Waals surface area contributed by atoms with E-state index in [1.54, 1.807) is 27.6 Å². The average Bonchev–Trinajstić information content (AvgIpc) is 3.30. The second kappa shape index (κ2) is 10.8. The number of rotatable bonds is 10. The highest BCUT2D eigenvalue weighted by Gasteiger charge is 2.20. The number of ether oxygens (including phenoxy) is 2. The Morgan fingerprint density at radius 3 is 2.23 bits per heavy atom. The van der Waals surface area contributed by atoms with Crippen molar-refractivity contribution in [2.45, 2.75) is 45.4 Å². The van der Waals surface area contributed by atoms with Crippen LogP contribution < -0.4 is 5.73 Å². The second-order valence-electron chi connectivity index (χ2n) is 5.79. The molecule has 0 aliphatic rings. The Kier molecular flexibility index (Phi) is 8.43. The van der Waals surface area contributed by atoms with E-state index in [1.165, 1.54) is 0 Å². The van der Waals surface area contributed by atoms with Gasteiger partial charge in [0.05, 0.1) is 13.1 Å². The highest BCUT2D eigenvalue weighted by atomic mass is 32.1. The molecular formula is C18H24N2O4S2. The Bertz CT molecular complexity index is 623. The summed E-state index contributed by atoms with van der Waals surface area (Å²) in [6.45, 7) is 3.00. The molecule has 0 aliphatic heterocycles. The van der Waals surface area contributed by atoms with Gasteiger partial charge < -0.3 is 15.2 Å². The SMILES string of the molecule is CCCC[C@H](COC(=O)N(Cc1cccs1)Cc1cccs1)OC(N)=O. The highest BCUT2D eigenvalue weighted by Crippen LogP contribution is 2.18. The van der Waals surface area contributed by atoms with Crippen LogP contribution in [0.4, 0.5) is 9.59 Å². The molecular weight excluding hydrogens is 372 g/mol. The molecule has 2 amide bonds. The van der Waals surface area contributed by atoms with Crippen molar-refractivity contribution in [3.05, 3.63) is 44.8 Å². The third-order valence-corrected chi connectivity index (χ3v) is 5.39. The van der Waals surface area contributed by atoms with Gasteiger partial charge in [0.15, 0.2) is 0 Å². The molecule has 6 nitrogen and oxygen atoms in total. The maximum absolute atomic E-state index is 12.6. The summed E-state index contributed by atoms with van der Waals surface area (Å²) in [5.74, 6) is 0. The van der Waals surface area contributed by atoms with Crippen LogP contribution in [0.5, 0.6) is 0 Å². The molecule has 0 aromatic carbocycles. The van der Waals surface area contributed by atoms with Crippen molar-refractivity contribution in [2.24, 2.45) is 5.73 Å². The maximum Gasteiger partial charge on any atom is 0.410 e. The number of unbranched alkanes of at least 4 members (excludes halogenated alkanes) is 1. The van der Waals surface area contributed by atoms with Crippen molar-refractivity contribution < 1.29 is 19.1 Å². The van der Waals surface area contributed by atoms with Gasteiger partial charge in [0, 0.05) is 9.75 Å². The average molecular weight is 397 g/mol. The summed E-state index contributed by atoms with van der Waals surface area (Å²) in [5.41, 5.74) is 5.10. The molecule has 0 spiro atoms. The predicted molar refractivity (Wildman–Crippen MR) is 103 cm³/mol. The highest BCUT2D eigenvalue weighted by molar-refractivity contribution is 7.10. The van der Waals surface area contributed by atoms with Gasteiger partial charge in [-0.25, -0.2) is 9.59 Å². The van der Waals surface area contributed by atoms with Crippen LogP contribution >= 0.6 is 22.7 Å². The van der Waals surface area contributed by atoms with Gasteiger partial charge in [0.2, 0.25) is 0 Å². The number of carbonyl (C=O) groups excluding carboxylic acids is 2. The summed E-state index contributed by atoms with van der Waals surface area (Å²) in [4.78, 5) is 27.4. The van der Waals surface area contributed by atoms with E-state index < -0.39 is 18.3 Å². The number of hydrogen-bond donors (Lipinski definition) is 1. The summed E-state index contributed by atoms with van der Waals surface area (Å²) in [6.07, 6.45) is 0.640. The van der Waals surface area contributed by atoms with Crippen molar-refractivity contribution in [3.8, 4) is 0 Å². The van der Waals surface area contributed by atoms with Gasteiger partial charge >= 0.3 is 12.2 Å². The number of nitrogens with zero attached hydrogens (tertiary/aromatic N) is 1. The van der Waals surface area contributed by atoms with Gasteiger partial charge in [-0.05, 0) is 35.7 Å². The van der Waals surface area contributed by atoms with Crippen LogP contribution in [0.25, 0.3) is 0 Å². The van der Waals surface area contributed by atoms with Crippen molar-refractivity contribution in [3.63, 3.8) is 0 Å². The lowest BCUT2D eigenvalue weighted by molar-refractivity contribution is 0.0287. The minimum Gasteiger partial charge on any atom is -0.445 e. The standard InChI is InChI=1S/C18H24N2O4S2/c1-2-3-6-14(24-17(19)21)13-23-18(22)20(11-15-7-4-9-25-15)12-16-8-5-10-26-16/h4-5,7-10,14H,2-3,6,11-13H2,1H3,(H2,19,21)/t14-/m1/s1. The zero-order valence-electron chi connectivity index (χ0n) is 14.8. The van der Waals surface area contributed by atoms with Crippen molar-refractivity contribution in [2.75, 3.05) is 6.61 Å². The first-order valence-electron chi connectivity index (χ1n) is 8.51. The molecule has 2 aromatic rings. The molecule has 2 heterocycles. The van der Waals surface area contributed by atoms with E-state index in [0.717, 1.165) is 22.6 Å². The fourth-order valence-electron chi connectivity index (χ4n) is 2.39. The zero-order chi connectivity index (χ0) is 18.8. The Labute approximate surface area is 161 Å². The minimum absolute atomic E-state index is 0.00710. The van der Waals surface area contributed by atoms with Gasteiger partial charge in [-0.2, -0.15) is 0 Å². The fourth-order valence-corrected chi connectivity index (χ4v) is 3.83. The molecule has 2 rings (SSSR count). The summed E-state index contributed by atoms with van der Waals surface area (Å²) in [7, 11) is 0. The van der Waals surface area contributed by atoms with Crippen LogP contribution in [-0.2, 0) is 22.6 Å². The molecule has 0 fully saturated rings. The van der Waals surface area contributed by atoms with Crippen LogP contribution in [-0.4, -0.2) is 29.8 Å². The molecule has 0 bridgehead atoms. The predicted octanol–water partition coefficient (Wildman–Crippen LogP) is 4.60. The molecule has 0 saturated heterocycles. The van der Waals surface area contributed by atoms with Crippen LogP contribution in [0, 0.1) is 0 Å². The fraction of sp³-hybridized carbons (Fsp3) is 0.444. The van der Waals surface area contributed by atoms with E-state index in [-0.39, 0.29) is 6.61 Å². The molecule has 1 atom stereocenters. The lowest BCUT2D eigenvalue weighted by Gasteiger charge is -2.23. The Morgan fingerprint density at radius 1 is 1.15 bits per heavy atom. The van der Waals surface area contributed by atoms with Gasteiger partial charge in [-0.3, -0.25) is 4.90 Å². The number of hydrogen-bond acceptors (Lipinski definition) is 6. The van der Waals surface area contributed by atoms with Crippen LogP contribution in [0.3, 0.4) is 0 Å². The minimum atomic E-state index is -0.851. The molecule has 0 aliphatic carbocycles. The molecule has 8 heteroatoms. The van der Waals surface area contributed by atoms with E-state index in [0.29, 0.717) is 19.5 Å². The Balaban J connectivity index is 1.96. The number of thiophene rings is 2. The quantitative estimate of drug-likeness (QED) is 0.636. The van der Waals surface area contributed by atoms with Gasteiger partial charge in [-0.1, -0.05) is 25.5 Å². The molecule has 0 saturated carbocycles. The Morgan fingerprint density at radius 2 is 1.77 bits per heavy atom. The lowest BCUT2D eigenvalue weighted by atomic mass is 10.2. The van der Waals surface area contributed by atoms with Gasteiger partial charge in [0.1, 0.15) is 12.7 Å². The molecule has 2 N–H and O–H groups in total. The maximum atomic E-state index is 12.6. The van der Waals surface area contributed by atoms with Crippen LogP contribution in [0.2, 0.25) is 0 Å². The molecule has 26 heavy (non-hydrogen) atoms. The second-order valence-corrected chi connectivity index (χ2v) is 7.86. The van der Waals surface area contributed by atoms with E-state index in [1.807, 2.05) is 41.9 Å². The van der Waals surface area contributed by atoms with E-state index in [9.17, 15) is 9.59 Å². The topological polar surface area (TPSA) is 81.9 Å². The van der Waals surface area contributed by atoms with Gasteiger partial charge in [-0.15, -0.1) is 22.7 Å². The molecule has 2 aromatic heterocycles. The van der Waals surface area contributed by atoms with Crippen LogP contribution in [0.1, 0.15) is 35.9 Å². The number of nitrogens with two attached hydrogens (primary N) is 1. The summed E-state index contributed by atoms with van der Waals surface area (Å²) in [6, 6.07) is 7.88. The summed E-state index contributed by atoms with van der Waals surface area (Å²) < 4.78 is 10.5. The van der Waals surface area contributed by atoms with Crippen molar-refractivity contribution in [1.82, 2.24) is 4.90 Å². The summed E-state index contributed by atoms with van der Waals surface area (Å²) in [5, 5.41) is 3.96. The monoisotopic (exact) mass is 396 g/mol. The van der Waals surface area contributed by atoms with E-state index >= 15 is 0 Å². The summed E-state index contributed by atoms with van der Waals surface area (Å²) >= 11 is 3.19. The van der Waals surface area contributed by atoms with Crippen molar-refractivity contribution >= 4 is 34.9 Å². The van der Waals surface area contributed by atoms with Crippen molar-refractivity contribution in [1.29, 1.82) is 0 Å². The lowest BCUT2D eigenvalue weighted by Crippen LogP contribution is -2.34. The third kappa shape index (κ3) is 7.05. The Hall–Kier alpha value is -2.06. The first-order chi connectivity index (χ1) is 12.6. The van der Waals surface area contributed by atoms with Crippen LogP contribution in [0.15, 0.2) is 35.0 Å². The van der Waals surface area contributed by atoms with E-state index in [4.69, 9.17) is 15.2 Å². The first-order valence-corrected chi connectivity index (χ1v) is 10.3. The molecule has 0 unspecified atom stereocenters. The molecule has 0 radical (unpaired) electrons. The van der Waals surface area contributed by atoms with Gasteiger partial charge in [0.25, 0.3) is 0 Å². The van der Waals surface area contributed by atoms with E-state index in [2.05, 4.69) is 0 Å².